The van der Waals surface area contributed by atoms with E-state index in [1.54, 1.807) is 12.7 Å². The van der Waals surface area contributed by atoms with Crippen LogP contribution in [0.15, 0.2) is 30.9 Å². The third-order valence-corrected chi connectivity index (χ3v) is 4.84. The number of benzene rings is 1. The Balaban J connectivity index is 1.48. The van der Waals surface area contributed by atoms with Gasteiger partial charge in [0.1, 0.15) is 18.5 Å². The number of hydrogen-bond donors (Lipinski definition) is 0. The molecular formula is C19H25N7O. The second-order valence-corrected chi connectivity index (χ2v) is 7.17. The maximum Gasteiger partial charge on any atom is 0.224 e. The number of fused-ring (bicyclic) bond motifs is 1. The first-order chi connectivity index (χ1) is 13.1. The van der Waals surface area contributed by atoms with E-state index in [2.05, 4.69) is 42.1 Å². The van der Waals surface area contributed by atoms with Crippen LogP contribution in [0.2, 0.25) is 0 Å². The second-order valence-electron chi connectivity index (χ2n) is 7.17. The standard InChI is InChI=1S/C19H25N7O/c1-14(2)27-19-16-10-15(4-5-17(16)20-12-21-19)26-8-6-25(7-9-26)11-18-23-22-13-24(18)3/h4-5,10,12-14H,6-9,11H2,1-3H3. The lowest BCUT2D eigenvalue weighted by Crippen LogP contribution is -2.46. The average molecular weight is 367 g/mol. The lowest BCUT2D eigenvalue weighted by Gasteiger charge is -2.35. The Bertz CT molecular complexity index is 915. The first kappa shape index (κ1) is 17.7. The molecule has 0 radical (unpaired) electrons. The number of aryl methyl sites for hydroxylation is 1. The third kappa shape index (κ3) is 3.85. The summed E-state index contributed by atoms with van der Waals surface area (Å²) in [6, 6.07) is 6.32. The molecule has 0 aliphatic carbocycles. The van der Waals surface area contributed by atoms with Crippen LogP contribution in [-0.2, 0) is 13.6 Å². The molecule has 2 aromatic heterocycles. The van der Waals surface area contributed by atoms with Crippen LogP contribution in [0.4, 0.5) is 5.69 Å². The minimum atomic E-state index is 0.0795. The summed E-state index contributed by atoms with van der Waals surface area (Å²) >= 11 is 0. The number of nitrogens with zero attached hydrogens (tertiary/aromatic N) is 7. The highest BCUT2D eigenvalue weighted by molar-refractivity contribution is 5.86. The molecule has 3 aromatic rings. The van der Waals surface area contributed by atoms with Crippen LogP contribution in [0.3, 0.4) is 0 Å². The topological polar surface area (TPSA) is 72.2 Å². The van der Waals surface area contributed by atoms with Gasteiger partial charge in [-0.15, -0.1) is 10.2 Å². The fourth-order valence-corrected chi connectivity index (χ4v) is 3.35. The Morgan fingerprint density at radius 2 is 1.93 bits per heavy atom. The van der Waals surface area contributed by atoms with Crippen LogP contribution in [0, 0.1) is 0 Å². The molecule has 1 aromatic carbocycles. The summed E-state index contributed by atoms with van der Waals surface area (Å²) in [6.45, 7) is 8.77. The van der Waals surface area contributed by atoms with Crippen molar-refractivity contribution in [3.05, 3.63) is 36.7 Å². The van der Waals surface area contributed by atoms with Crippen molar-refractivity contribution in [2.45, 2.75) is 26.5 Å². The number of aromatic nitrogens is 5. The molecule has 0 amide bonds. The van der Waals surface area contributed by atoms with Gasteiger partial charge in [-0.2, -0.15) is 0 Å². The fraction of sp³-hybridized carbons (Fsp3) is 0.474. The molecule has 0 saturated carbocycles. The summed E-state index contributed by atoms with van der Waals surface area (Å²) in [5.74, 6) is 1.65. The molecule has 0 atom stereocenters. The van der Waals surface area contributed by atoms with E-state index in [1.165, 1.54) is 5.69 Å². The van der Waals surface area contributed by atoms with Crippen LogP contribution >= 0.6 is 0 Å². The predicted octanol–water partition coefficient (Wildman–Crippen LogP) is 1.87. The van der Waals surface area contributed by atoms with E-state index in [0.29, 0.717) is 5.88 Å². The Hall–Kier alpha value is -2.74. The van der Waals surface area contributed by atoms with Gasteiger partial charge in [-0.3, -0.25) is 4.90 Å². The summed E-state index contributed by atoms with van der Waals surface area (Å²) in [5.41, 5.74) is 2.09. The van der Waals surface area contributed by atoms with Crippen LogP contribution in [0.1, 0.15) is 19.7 Å². The molecule has 3 heterocycles. The van der Waals surface area contributed by atoms with E-state index < -0.39 is 0 Å². The molecule has 1 aliphatic rings. The maximum atomic E-state index is 5.86. The molecule has 0 N–H and O–H groups in total. The molecule has 0 unspecified atom stereocenters. The van der Waals surface area contributed by atoms with Gasteiger partial charge in [-0.05, 0) is 32.0 Å². The van der Waals surface area contributed by atoms with Crippen LogP contribution in [-0.4, -0.2) is 61.9 Å². The Kier molecular flexibility index (Phi) is 4.89. The zero-order valence-electron chi connectivity index (χ0n) is 16.0. The molecule has 8 heteroatoms. The van der Waals surface area contributed by atoms with Crippen LogP contribution in [0.5, 0.6) is 5.88 Å². The minimum Gasteiger partial charge on any atom is -0.474 e. The van der Waals surface area contributed by atoms with Crippen molar-refractivity contribution >= 4 is 16.6 Å². The summed E-state index contributed by atoms with van der Waals surface area (Å²) in [4.78, 5) is 13.5. The van der Waals surface area contributed by atoms with Crippen molar-refractivity contribution in [1.29, 1.82) is 0 Å². The zero-order chi connectivity index (χ0) is 18.8. The Labute approximate surface area is 158 Å². The summed E-state index contributed by atoms with van der Waals surface area (Å²) in [7, 11) is 1.99. The molecule has 142 valence electrons. The molecule has 4 rings (SSSR count). The first-order valence-corrected chi connectivity index (χ1v) is 9.32. The predicted molar refractivity (Wildman–Crippen MR) is 104 cm³/mol. The summed E-state index contributed by atoms with van der Waals surface area (Å²) in [6.07, 6.45) is 3.39. The Morgan fingerprint density at radius 3 is 2.63 bits per heavy atom. The smallest absolute Gasteiger partial charge is 0.224 e. The summed E-state index contributed by atoms with van der Waals surface area (Å²) in [5, 5.41) is 9.11. The maximum absolute atomic E-state index is 5.86. The molecule has 0 spiro atoms. The van der Waals surface area contributed by atoms with Gasteiger partial charge in [0.15, 0.2) is 0 Å². The number of hydrogen-bond acceptors (Lipinski definition) is 7. The number of rotatable bonds is 5. The zero-order valence-corrected chi connectivity index (χ0v) is 16.0. The molecule has 0 bridgehead atoms. The number of piperazine rings is 1. The number of anilines is 1. The molecule has 1 fully saturated rings. The van der Waals surface area contributed by atoms with Gasteiger partial charge in [-0.25, -0.2) is 9.97 Å². The normalized spacial score (nSPS) is 15.6. The van der Waals surface area contributed by atoms with E-state index >= 15 is 0 Å². The highest BCUT2D eigenvalue weighted by Crippen LogP contribution is 2.28. The summed E-state index contributed by atoms with van der Waals surface area (Å²) < 4.78 is 7.84. The van der Waals surface area contributed by atoms with Crippen molar-refractivity contribution in [3.63, 3.8) is 0 Å². The first-order valence-electron chi connectivity index (χ1n) is 9.32. The van der Waals surface area contributed by atoms with E-state index in [-0.39, 0.29) is 6.10 Å². The van der Waals surface area contributed by atoms with Gasteiger partial charge in [0.2, 0.25) is 5.88 Å². The molecule has 1 saturated heterocycles. The highest BCUT2D eigenvalue weighted by atomic mass is 16.5. The van der Waals surface area contributed by atoms with Gasteiger partial charge in [0.05, 0.1) is 23.6 Å². The fourth-order valence-electron chi connectivity index (χ4n) is 3.35. The van der Waals surface area contributed by atoms with E-state index in [9.17, 15) is 0 Å². The molecule has 27 heavy (non-hydrogen) atoms. The van der Waals surface area contributed by atoms with Gasteiger partial charge in [0.25, 0.3) is 0 Å². The molecular weight excluding hydrogens is 342 g/mol. The lowest BCUT2D eigenvalue weighted by atomic mass is 10.2. The van der Waals surface area contributed by atoms with E-state index in [0.717, 1.165) is 49.5 Å². The van der Waals surface area contributed by atoms with Crippen molar-refractivity contribution in [2.75, 3.05) is 31.1 Å². The van der Waals surface area contributed by atoms with Crippen LogP contribution in [0.25, 0.3) is 10.9 Å². The largest absolute Gasteiger partial charge is 0.474 e. The second kappa shape index (κ2) is 7.48. The van der Waals surface area contributed by atoms with Gasteiger partial charge in [0, 0.05) is 38.9 Å². The highest BCUT2D eigenvalue weighted by Gasteiger charge is 2.19. The van der Waals surface area contributed by atoms with Crippen molar-refractivity contribution in [1.82, 2.24) is 29.6 Å². The number of ether oxygens (including phenoxy) is 1. The Morgan fingerprint density at radius 1 is 1.11 bits per heavy atom. The third-order valence-electron chi connectivity index (χ3n) is 4.84. The van der Waals surface area contributed by atoms with Crippen molar-refractivity contribution in [3.8, 4) is 5.88 Å². The molecule has 1 aliphatic heterocycles. The van der Waals surface area contributed by atoms with Crippen LogP contribution < -0.4 is 9.64 Å². The monoisotopic (exact) mass is 367 g/mol. The average Bonchev–Trinajstić information content (AvgIpc) is 3.07. The van der Waals surface area contributed by atoms with E-state index in [1.807, 2.05) is 31.5 Å². The molecule has 8 nitrogen and oxygen atoms in total. The SMILES string of the molecule is CC(C)Oc1ncnc2ccc(N3CCN(Cc4nncn4C)CC3)cc12. The van der Waals surface area contributed by atoms with Crippen molar-refractivity contribution in [2.24, 2.45) is 7.05 Å². The quantitative estimate of drug-likeness (QED) is 0.682. The minimum absolute atomic E-state index is 0.0795. The van der Waals surface area contributed by atoms with Gasteiger partial charge < -0.3 is 14.2 Å². The lowest BCUT2D eigenvalue weighted by molar-refractivity contribution is 0.235. The van der Waals surface area contributed by atoms with Crippen molar-refractivity contribution < 1.29 is 4.74 Å². The van der Waals surface area contributed by atoms with E-state index in [4.69, 9.17) is 4.74 Å². The van der Waals surface area contributed by atoms with Gasteiger partial charge in [-0.1, -0.05) is 0 Å². The van der Waals surface area contributed by atoms with Gasteiger partial charge >= 0.3 is 0 Å².